The molecular formula is C32H31Cl2FN4O6. The third-order valence-electron chi connectivity index (χ3n) is 8.17. The fraction of sp³-hybridized carbons (Fsp3) is 0.312. The molecule has 0 aliphatic carbocycles. The Bertz CT molecular complexity index is 1700. The van der Waals surface area contributed by atoms with Crippen LogP contribution in [0, 0.1) is 5.82 Å². The van der Waals surface area contributed by atoms with Gasteiger partial charge in [-0.15, -0.1) is 0 Å². The summed E-state index contributed by atoms with van der Waals surface area (Å²) < 4.78 is 31.7. The number of aliphatic hydroxyl groups excluding tert-OH is 1. The highest BCUT2D eigenvalue weighted by atomic mass is 35.5. The summed E-state index contributed by atoms with van der Waals surface area (Å²) >= 11 is 13.7. The lowest BCUT2D eigenvalue weighted by Crippen LogP contribution is -2.38. The van der Waals surface area contributed by atoms with Crippen LogP contribution in [0.4, 0.5) is 10.1 Å². The lowest BCUT2D eigenvalue weighted by Gasteiger charge is -2.18. The molecule has 4 atom stereocenters. The Balaban J connectivity index is 1.27. The van der Waals surface area contributed by atoms with Crippen molar-refractivity contribution < 1.29 is 33.3 Å². The summed E-state index contributed by atoms with van der Waals surface area (Å²) in [5.41, 5.74) is 2.64. The van der Waals surface area contributed by atoms with Gasteiger partial charge in [-0.3, -0.25) is 9.59 Å². The van der Waals surface area contributed by atoms with Crippen LogP contribution in [0.15, 0.2) is 60.3 Å². The summed E-state index contributed by atoms with van der Waals surface area (Å²) in [7, 11) is 4.77. The predicted molar refractivity (Wildman–Crippen MR) is 167 cm³/mol. The number of fused-ring (bicyclic) bond motifs is 1. The average molecular weight is 658 g/mol. The van der Waals surface area contributed by atoms with Gasteiger partial charge in [0.05, 0.1) is 48.2 Å². The molecule has 0 radical (unpaired) electrons. The van der Waals surface area contributed by atoms with Crippen molar-refractivity contribution in [2.75, 3.05) is 39.7 Å². The highest BCUT2D eigenvalue weighted by Crippen LogP contribution is 2.43. The van der Waals surface area contributed by atoms with Crippen LogP contribution in [0.3, 0.4) is 0 Å². The summed E-state index contributed by atoms with van der Waals surface area (Å²) in [5, 5.41) is 16.4. The van der Waals surface area contributed by atoms with E-state index in [0.717, 1.165) is 0 Å². The maximum absolute atomic E-state index is 15.5. The van der Waals surface area contributed by atoms with Crippen LogP contribution in [0.5, 0.6) is 5.75 Å². The van der Waals surface area contributed by atoms with Crippen LogP contribution in [0.1, 0.15) is 5.56 Å². The lowest BCUT2D eigenvalue weighted by atomic mass is 9.97. The first kappa shape index (κ1) is 31.3. The number of hydrogen-bond donors (Lipinski definition) is 3. The Hall–Kier alpha value is -3.71. The molecule has 0 aromatic heterocycles. The van der Waals surface area contributed by atoms with Crippen LogP contribution >= 0.6 is 23.2 Å². The number of rotatable bonds is 8. The van der Waals surface area contributed by atoms with Crippen LogP contribution in [0.2, 0.25) is 10.0 Å². The average Bonchev–Trinajstić information content (AvgIpc) is 3.74. The van der Waals surface area contributed by atoms with E-state index >= 15 is 4.39 Å². The molecule has 0 saturated carbocycles. The molecule has 3 aliphatic rings. The molecule has 45 heavy (non-hydrogen) atoms. The summed E-state index contributed by atoms with van der Waals surface area (Å²) in [5.74, 6) is -1.28. The number of likely N-dealkylation sites (N-methyl/N-ethyl adjacent to an activating group) is 2. The van der Waals surface area contributed by atoms with E-state index in [1.165, 1.54) is 24.3 Å². The molecule has 10 nitrogen and oxygen atoms in total. The Morgan fingerprint density at radius 1 is 1.07 bits per heavy atom. The SMILES string of the molecule is COc1cc(-c2cccc(-c3cccc(NC(=O)C4=CN(C)C5OC5N(C)C4=O)c3Cl)c2Cl)cc(F)c1CN[C@@H]1COC[C@H]1O. The molecule has 13 heteroatoms. The standard InChI is InChI=1S/C32H31Cl2FN4O6/c1-38-13-21(30(42)39(2)32-31(38)45-32)29(41)37-23-9-5-8-19(28(23)34)18-7-4-6-17(27(18)33)16-10-22(35)20(26(11-16)43-3)12-36-24-14-44-15-25(24)40/h4-11,13,24-25,31-32,36,40H,12,14-15H2,1-3H3,(H,37,41)/t24-,25-,31?,32?/m1/s1. The minimum Gasteiger partial charge on any atom is -0.496 e. The maximum Gasteiger partial charge on any atom is 0.262 e. The van der Waals surface area contributed by atoms with Gasteiger partial charge in [-0.05, 0) is 23.8 Å². The summed E-state index contributed by atoms with van der Waals surface area (Å²) in [6.07, 6.45) is 0.0881. The quantitative estimate of drug-likeness (QED) is 0.244. The van der Waals surface area contributed by atoms with Crippen LogP contribution in [-0.2, 0) is 25.6 Å². The van der Waals surface area contributed by atoms with Crippen molar-refractivity contribution in [2.24, 2.45) is 0 Å². The molecule has 2 amide bonds. The number of nitrogens with zero attached hydrogens (tertiary/aromatic N) is 2. The zero-order chi connectivity index (χ0) is 32.0. The normalized spacial score (nSPS) is 22.6. The van der Waals surface area contributed by atoms with Crippen LogP contribution in [0.25, 0.3) is 22.3 Å². The van der Waals surface area contributed by atoms with Crippen molar-refractivity contribution >= 4 is 40.7 Å². The lowest BCUT2D eigenvalue weighted by molar-refractivity contribution is -0.129. The second kappa shape index (κ2) is 12.6. The van der Waals surface area contributed by atoms with Crippen molar-refractivity contribution in [1.82, 2.24) is 15.1 Å². The number of carbonyl (C=O) groups excluding carboxylic acids is 2. The molecule has 2 unspecified atom stereocenters. The Morgan fingerprint density at radius 3 is 2.49 bits per heavy atom. The number of methoxy groups -OCH3 is 1. The minimum atomic E-state index is -0.668. The number of nitrogens with one attached hydrogen (secondary N) is 2. The Labute approximate surface area is 269 Å². The summed E-state index contributed by atoms with van der Waals surface area (Å²) in [6, 6.07) is 13.2. The first-order valence-corrected chi connectivity index (χ1v) is 15.0. The number of carbonyl (C=O) groups is 2. The third-order valence-corrected chi connectivity index (χ3v) is 8.98. The number of benzene rings is 3. The van der Waals surface area contributed by atoms with Crippen molar-refractivity contribution in [2.45, 2.75) is 31.1 Å². The number of halogens is 3. The zero-order valence-electron chi connectivity index (χ0n) is 24.6. The molecule has 6 rings (SSSR count). The third kappa shape index (κ3) is 5.99. The second-order valence-electron chi connectivity index (χ2n) is 11.1. The first-order chi connectivity index (χ1) is 21.6. The van der Waals surface area contributed by atoms with Gasteiger partial charge >= 0.3 is 0 Å². The zero-order valence-corrected chi connectivity index (χ0v) is 26.2. The molecule has 0 spiro atoms. The topological polar surface area (TPSA) is 116 Å². The fourth-order valence-corrected chi connectivity index (χ4v) is 6.16. The van der Waals surface area contributed by atoms with Gasteiger partial charge in [-0.25, -0.2) is 4.39 Å². The minimum absolute atomic E-state index is 0.0559. The van der Waals surface area contributed by atoms with Gasteiger partial charge in [0.15, 0.2) is 12.5 Å². The fourth-order valence-electron chi connectivity index (χ4n) is 5.55. The summed E-state index contributed by atoms with van der Waals surface area (Å²) in [4.78, 5) is 29.3. The number of hydrogen-bond acceptors (Lipinski definition) is 8. The van der Waals surface area contributed by atoms with Gasteiger partial charge in [0.1, 0.15) is 17.1 Å². The van der Waals surface area contributed by atoms with E-state index in [4.69, 9.17) is 37.4 Å². The molecular weight excluding hydrogens is 626 g/mol. The van der Waals surface area contributed by atoms with Gasteiger partial charge < -0.3 is 39.8 Å². The largest absolute Gasteiger partial charge is 0.496 e. The van der Waals surface area contributed by atoms with Gasteiger partial charge in [0, 0.05) is 49.1 Å². The molecule has 0 bridgehead atoms. The number of ether oxygens (including phenoxy) is 3. The highest BCUT2D eigenvalue weighted by molar-refractivity contribution is 6.40. The number of epoxide rings is 1. The Kier molecular flexibility index (Phi) is 8.75. The van der Waals surface area contributed by atoms with E-state index in [-0.39, 0.29) is 41.7 Å². The van der Waals surface area contributed by atoms with Gasteiger partial charge in [0.25, 0.3) is 11.8 Å². The molecule has 3 N–H and O–H groups in total. The number of amides is 2. The highest BCUT2D eigenvalue weighted by Gasteiger charge is 2.50. The molecule has 2 fully saturated rings. The van der Waals surface area contributed by atoms with Gasteiger partial charge in [-0.1, -0.05) is 53.5 Å². The smallest absolute Gasteiger partial charge is 0.262 e. The van der Waals surface area contributed by atoms with Gasteiger partial charge in [0.2, 0.25) is 0 Å². The van der Waals surface area contributed by atoms with E-state index in [9.17, 15) is 14.7 Å². The maximum atomic E-state index is 15.5. The summed E-state index contributed by atoms with van der Waals surface area (Å²) in [6.45, 7) is 0.695. The van der Waals surface area contributed by atoms with Crippen molar-refractivity contribution in [1.29, 1.82) is 0 Å². The van der Waals surface area contributed by atoms with E-state index < -0.39 is 30.0 Å². The molecule has 3 aromatic carbocycles. The number of anilines is 1. The van der Waals surface area contributed by atoms with E-state index in [2.05, 4.69) is 10.6 Å². The predicted octanol–water partition coefficient (Wildman–Crippen LogP) is 4.23. The van der Waals surface area contributed by atoms with Gasteiger partial charge in [-0.2, -0.15) is 0 Å². The van der Waals surface area contributed by atoms with E-state index in [1.54, 1.807) is 61.5 Å². The van der Waals surface area contributed by atoms with Crippen molar-refractivity contribution in [3.8, 4) is 28.0 Å². The van der Waals surface area contributed by atoms with Crippen LogP contribution in [-0.4, -0.2) is 85.7 Å². The van der Waals surface area contributed by atoms with E-state index in [0.29, 0.717) is 45.2 Å². The monoisotopic (exact) mass is 656 g/mol. The first-order valence-electron chi connectivity index (χ1n) is 14.2. The second-order valence-corrected chi connectivity index (χ2v) is 11.8. The molecule has 3 aliphatic heterocycles. The van der Waals surface area contributed by atoms with Crippen molar-refractivity contribution in [3.05, 3.63) is 81.7 Å². The van der Waals surface area contributed by atoms with Crippen molar-refractivity contribution in [3.63, 3.8) is 0 Å². The van der Waals surface area contributed by atoms with E-state index in [1.807, 2.05) is 0 Å². The van der Waals surface area contributed by atoms with Crippen LogP contribution < -0.4 is 15.4 Å². The Morgan fingerprint density at radius 2 is 1.78 bits per heavy atom. The molecule has 2 saturated heterocycles. The molecule has 236 valence electrons. The molecule has 3 aromatic rings. The molecule has 3 heterocycles. The number of aliphatic hydroxyl groups is 1.